The Kier molecular flexibility index (Phi) is 44.2. The highest BCUT2D eigenvalue weighted by atomic mass is 16.6. The topological polar surface area (TPSA) is 78.9 Å². The number of rotatable bonds is 47. The molecule has 0 saturated heterocycles. The van der Waals surface area contributed by atoms with Gasteiger partial charge < -0.3 is 14.2 Å². The molecule has 0 unspecified atom stereocenters. The molecule has 356 valence electrons. The number of ether oxygens (including phenoxy) is 3. The van der Waals surface area contributed by atoms with E-state index >= 15 is 0 Å². The molecular weight excluding hydrogens is 745 g/mol. The Morgan fingerprint density at radius 3 is 0.717 bits per heavy atom. The summed E-state index contributed by atoms with van der Waals surface area (Å²) in [5, 5.41) is 0. The number of esters is 3. The van der Waals surface area contributed by atoms with Gasteiger partial charge in [-0.2, -0.15) is 0 Å². The molecule has 0 aliphatic carbocycles. The van der Waals surface area contributed by atoms with Crippen LogP contribution in [0.1, 0.15) is 292 Å². The van der Waals surface area contributed by atoms with E-state index in [2.05, 4.69) is 41.5 Å². The number of hydrogen-bond acceptors (Lipinski definition) is 6. The Morgan fingerprint density at radius 2 is 0.483 bits per heavy atom. The van der Waals surface area contributed by atoms with Crippen molar-refractivity contribution in [3.05, 3.63) is 0 Å². The molecule has 60 heavy (non-hydrogen) atoms. The zero-order chi connectivity index (χ0) is 44.2. The number of carbonyl (C=O) groups excluding carboxylic acids is 3. The van der Waals surface area contributed by atoms with Crippen LogP contribution in [0.4, 0.5) is 0 Å². The third kappa shape index (κ3) is 47.5. The lowest BCUT2D eigenvalue weighted by atomic mass is 10.0. The Labute approximate surface area is 374 Å². The van der Waals surface area contributed by atoms with Crippen molar-refractivity contribution in [2.75, 3.05) is 13.2 Å². The molecule has 1 atom stereocenters. The van der Waals surface area contributed by atoms with Crippen LogP contribution in [0.3, 0.4) is 0 Å². The van der Waals surface area contributed by atoms with Crippen molar-refractivity contribution in [3.63, 3.8) is 0 Å². The monoisotopic (exact) mass is 849 g/mol. The smallest absolute Gasteiger partial charge is 0.306 e. The average Bonchev–Trinajstić information content (AvgIpc) is 3.20. The standard InChI is InChI=1S/C54H104O6/c1-48(2)40-34-28-22-16-11-9-7-8-10-12-19-25-31-37-43-52(55)58-46-51(60-54(57)45-39-33-27-21-15-18-24-30-36-42-50(5)6)47-59-53(56)44-38-32-26-20-14-13-17-23-29-35-41-49(3)4/h48-51H,7-47H2,1-6H3/t51-/m1/s1. The third-order valence-corrected chi connectivity index (χ3v) is 12.1. The van der Waals surface area contributed by atoms with Crippen LogP contribution in [0, 0.1) is 17.8 Å². The highest BCUT2D eigenvalue weighted by molar-refractivity contribution is 5.71. The second-order valence-corrected chi connectivity index (χ2v) is 19.9. The summed E-state index contributed by atoms with van der Waals surface area (Å²) in [4.78, 5) is 38.0. The Balaban J connectivity index is 4.29. The van der Waals surface area contributed by atoms with Gasteiger partial charge in [-0.25, -0.2) is 0 Å². The lowest BCUT2D eigenvalue weighted by Crippen LogP contribution is -2.30. The Hall–Kier alpha value is -1.59. The maximum absolute atomic E-state index is 12.8. The molecule has 0 bridgehead atoms. The quantitative estimate of drug-likeness (QED) is 0.0345. The van der Waals surface area contributed by atoms with Crippen molar-refractivity contribution >= 4 is 17.9 Å². The maximum Gasteiger partial charge on any atom is 0.306 e. The van der Waals surface area contributed by atoms with Gasteiger partial charge in [-0.15, -0.1) is 0 Å². The first-order valence-electron chi connectivity index (χ1n) is 26.6. The van der Waals surface area contributed by atoms with Gasteiger partial charge in [0.1, 0.15) is 13.2 Å². The van der Waals surface area contributed by atoms with Crippen LogP contribution in [-0.2, 0) is 28.6 Å². The van der Waals surface area contributed by atoms with E-state index in [1.165, 1.54) is 173 Å². The predicted octanol–water partition coefficient (Wildman–Crippen LogP) is 17.2. The van der Waals surface area contributed by atoms with Gasteiger partial charge in [-0.3, -0.25) is 14.4 Å². The molecule has 0 rings (SSSR count). The van der Waals surface area contributed by atoms with E-state index in [9.17, 15) is 14.4 Å². The van der Waals surface area contributed by atoms with Crippen LogP contribution < -0.4 is 0 Å². The molecule has 0 radical (unpaired) electrons. The van der Waals surface area contributed by atoms with Gasteiger partial charge in [0, 0.05) is 19.3 Å². The van der Waals surface area contributed by atoms with Crippen LogP contribution in [0.25, 0.3) is 0 Å². The molecule has 0 aromatic heterocycles. The van der Waals surface area contributed by atoms with Gasteiger partial charge in [-0.1, -0.05) is 253 Å². The van der Waals surface area contributed by atoms with Crippen molar-refractivity contribution in [2.24, 2.45) is 17.8 Å². The minimum atomic E-state index is -0.763. The number of carbonyl (C=O) groups is 3. The summed E-state index contributed by atoms with van der Waals surface area (Å²) < 4.78 is 16.8. The van der Waals surface area contributed by atoms with Crippen LogP contribution in [0.15, 0.2) is 0 Å². The third-order valence-electron chi connectivity index (χ3n) is 12.1. The maximum atomic E-state index is 12.8. The van der Waals surface area contributed by atoms with Gasteiger partial charge in [0.25, 0.3) is 0 Å². The summed E-state index contributed by atoms with van der Waals surface area (Å²) in [5.41, 5.74) is 0. The fourth-order valence-corrected chi connectivity index (χ4v) is 8.12. The molecule has 0 aliphatic heterocycles. The SMILES string of the molecule is CC(C)CCCCCCCCCCCCCCCCC(=O)OC[C@H](COC(=O)CCCCCCCCCCCCC(C)C)OC(=O)CCCCCCCCCCCC(C)C. The van der Waals surface area contributed by atoms with E-state index in [1.807, 2.05) is 0 Å². The van der Waals surface area contributed by atoms with E-state index in [-0.39, 0.29) is 31.1 Å². The minimum Gasteiger partial charge on any atom is -0.462 e. The number of unbranched alkanes of at least 4 members (excludes halogenated alkanes) is 30. The first kappa shape index (κ1) is 58.4. The van der Waals surface area contributed by atoms with E-state index in [0.29, 0.717) is 19.3 Å². The van der Waals surface area contributed by atoms with Crippen LogP contribution in [0.5, 0.6) is 0 Å². The van der Waals surface area contributed by atoms with E-state index in [4.69, 9.17) is 14.2 Å². The van der Waals surface area contributed by atoms with Crippen LogP contribution in [0.2, 0.25) is 0 Å². The fourth-order valence-electron chi connectivity index (χ4n) is 8.12. The summed E-state index contributed by atoms with van der Waals surface area (Å²) in [6.45, 7) is 13.7. The molecule has 0 heterocycles. The molecule has 0 saturated carbocycles. The summed E-state index contributed by atoms with van der Waals surface area (Å²) in [7, 11) is 0. The van der Waals surface area contributed by atoms with Gasteiger partial charge in [0.2, 0.25) is 0 Å². The zero-order valence-corrected chi connectivity index (χ0v) is 41.3. The van der Waals surface area contributed by atoms with Gasteiger partial charge in [-0.05, 0) is 37.0 Å². The molecule has 6 heteroatoms. The summed E-state index contributed by atoms with van der Waals surface area (Å²) in [5.74, 6) is 1.62. The normalized spacial score (nSPS) is 12.2. The molecule has 0 spiro atoms. The average molecular weight is 849 g/mol. The minimum absolute atomic E-state index is 0.0646. The fraction of sp³-hybridized carbons (Fsp3) is 0.944. The van der Waals surface area contributed by atoms with Gasteiger partial charge in [0.05, 0.1) is 0 Å². The number of hydrogen-bond donors (Lipinski definition) is 0. The van der Waals surface area contributed by atoms with Crippen molar-refractivity contribution in [2.45, 2.75) is 298 Å². The highest BCUT2D eigenvalue weighted by Gasteiger charge is 2.19. The largest absolute Gasteiger partial charge is 0.462 e. The molecular formula is C54H104O6. The lowest BCUT2D eigenvalue weighted by molar-refractivity contribution is -0.167. The molecule has 0 aromatic carbocycles. The van der Waals surface area contributed by atoms with E-state index < -0.39 is 6.10 Å². The van der Waals surface area contributed by atoms with Crippen molar-refractivity contribution in [1.29, 1.82) is 0 Å². The van der Waals surface area contributed by atoms with Crippen LogP contribution in [-0.4, -0.2) is 37.2 Å². The van der Waals surface area contributed by atoms with Crippen LogP contribution >= 0.6 is 0 Å². The molecule has 0 amide bonds. The van der Waals surface area contributed by atoms with E-state index in [0.717, 1.165) is 75.5 Å². The Morgan fingerprint density at radius 1 is 0.283 bits per heavy atom. The second-order valence-electron chi connectivity index (χ2n) is 19.9. The molecule has 0 N–H and O–H groups in total. The summed E-state index contributed by atoms with van der Waals surface area (Å²) in [6, 6.07) is 0. The predicted molar refractivity (Wildman–Crippen MR) is 256 cm³/mol. The van der Waals surface area contributed by atoms with Crippen molar-refractivity contribution in [1.82, 2.24) is 0 Å². The summed E-state index contributed by atoms with van der Waals surface area (Å²) in [6.07, 6.45) is 45.2. The van der Waals surface area contributed by atoms with E-state index in [1.54, 1.807) is 0 Å². The second kappa shape index (κ2) is 45.4. The first-order valence-corrected chi connectivity index (χ1v) is 26.6. The zero-order valence-electron chi connectivity index (χ0n) is 41.3. The van der Waals surface area contributed by atoms with Crippen molar-refractivity contribution in [3.8, 4) is 0 Å². The lowest BCUT2D eigenvalue weighted by Gasteiger charge is -2.18. The molecule has 0 aromatic rings. The van der Waals surface area contributed by atoms with Crippen molar-refractivity contribution < 1.29 is 28.6 Å². The molecule has 0 aliphatic rings. The summed E-state index contributed by atoms with van der Waals surface area (Å²) >= 11 is 0. The Bertz CT molecular complexity index is 929. The molecule has 0 fully saturated rings. The van der Waals surface area contributed by atoms with Gasteiger partial charge >= 0.3 is 17.9 Å². The first-order chi connectivity index (χ1) is 29.1. The van der Waals surface area contributed by atoms with Gasteiger partial charge in [0.15, 0.2) is 6.10 Å². The highest BCUT2D eigenvalue weighted by Crippen LogP contribution is 2.18. The molecule has 6 nitrogen and oxygen atoms in total.